The van der Waals surface area contributed by atoms with Gasteiger partial charge >= 0.3 is 0 Å². The Balaban J connectivity index is 2.35. The minimum absolute atomic E-state index is 0.0357. The van der Waals surface area contributed by atoms with Crippen LogP contribution in [0, 0.1) is 0 Å². The number of aliphatic hydroxyl groups is 1. The van der Waals surface area contributed by atoms with Crippen molar-refractivity contribution in [1.29, 1.82) is 0 Å². The molecule has 0 bridgehead atoms. The predicted molar refractivity (Wildman–Crippen MR) is 63.4 cm³/mol. The fourth-order valence-electron chi connectivity index (χ4n) is 1.70. The predicted octanol–water partition coefficient (Wildman–Crippen LogP) is 0.965. The van der Waals surface area contributed by atoms with Crippen LogP contribution in [0.3, 0.4) is 0 Å². The van der Waals surface area contributed by atoms with Gasteiger partial charge in [-0.25, -0.2) is 0 Å². The topological polar surface area (TPSA) is 92.5 Å². The summed E-state index contributed by atoms with van der Waals surface area (Å²) in [4.78, 5) is 0. The second-order valence-corrected chi connectivity index (χ2v) is 3.99. The maximum absolute atomic E-state index is 9.69. The molecular formula is C12H14N2O2. The molecule has 0 saturated heterocycles. The summed E-state index contributed by atoms with van der Waals surface area (Å²) in [6, 6.07) is 4.98. The molecule has 1 aliphatic carbocycles. The molecule has 4 nitrogen and oxygen atoms in total. The Morgan fingerprint density at radius 1 is 1.31 bits per heavy atom. The average molecular weight is 218 g/mol. The molecule has 0 aliphatic heterocycles. The molecule has 1 unspecified atom stereocenters. The Morgan fingerprint density at radius 2 is 2.06 bits per heavy atom. The molecule has 1 aliphatic rings. The summed E-state index contributed by atoms with van der Waals surface area (Å²) >= 11 is 0. The average Bonchev–Trinajstić information content (AvgIpc) is 2.20. The highest BCUT2D eigenvalue weighted by molar-refractivity contribution is 5.72. The van der Waals surface area contributed by atoms with Gasteiger partial charge in [-0.2, -0.15) is 0 Å². The van der Waals surface area contributed by atoms with E-state index < -0.39 is 5.72 Å². The van der Waals surface area contributed by atoms with Crippen LogP contribution in [-0.2, 0) is 0 Å². The second-order valence-electron chi connectivity index (χ2n) is 3.99. The molecule has 1 aromatic carbocycles. The molecule has 0 amide bonds. The van der Waals surface area contributed by atoms with Gasteiger partial charge in [0.25, 0.3) is 0 Å². The van der Waals surface area contributed by atoms with Gasteiger partial charge < -0.3 is 21.7 Å². The molecule has 6 N–H and O–H groups in total. The first-order valence-corrected chi connectivity index (χ1v) is 4.96. The van der Waals surface area contributed by atoms with Crippen LogP contribution in [0.25, 0.3) is 5.57 Å². The summed E-state index contributed by atoms with van der Waals surface area (Å²) in [5, 5.41) is 19.2. The van der Waals surface area contributed by atoms with Crippen molar-refractivity contribution < 1.29 is 10.2 Å². The molecule has 0 radical (unpaired) electrons. The largest absolute Gasteiger partial charge is 0.506 e. The Labute approximate surface area is 93.5 Å². The first kappa shape index (κ1) is 10.7. The molecule has 4 heteroatoms. The third kappa shape index (κ3) is 2.08. The number of hydrogen-bond donors (Lipinski definition) is 4. The number of allylic oxidation sites excluding steroid dienone is 2. The number of rotatable bonds is 1. The number of benzene rings is 1. The van der Waals surface area contributed by atoms with Gasteiger partial charge in [0, 0.05) is 6.42 Å². The lowest BCUT2D eigenvalue weighted by Gasteiger charge is -2.23. The highest BCUT2D eigenvalue weighted by Gasteiger charge is 2.22. The van der Waals surface area contributed by atoms with E-state index in [1.807, 2.05) is 6.08 Å². The number of nitrogen functional groups attached to an aromatic ring is 1. The van der Waals surface area contributed by atoms with Gasteiger partial charge in [-0.05, 0) is 29.3 Å². The number of anilines is 1. The lowest BCUT2D eigenvalue weighted by Crippen LogP contribution is -2.38. The number of nitrogens with two attached hydrogens (primary N) is 2. The van der Waals surface area contributed by atoms with E-state index in [0.29, 0.717) is 12.1 Å². The Bertz CT molecular complexity index is 476. The van der Waals surface area contributed by atoms with E-state index in [0.717, 1.165) is 11.1 Å². The van der Waals surface area contributed by atoms with Crippen LogP contribution in [0.1, 0.15) is 12.0 Å². The van der Waals surface area contributed by atoms with Crippen molar-refractivity contribution in [2.45, 2.75) is 12.1 Å². The van der Waals surface area contributed by atoms with Gasteiger partial charge in [-0.1, -0.05) is 18.2 Å². The van der Waals surface area contributed by atoms with Crippen molar-refractivity contribution in [3.8, 4) is 5.75 Å². The number of phenols is 1. The first-order chi connectivity index (χ1) is 7.48. The summed E-state index contributed by atoms with van der Waals surface area (Å²) in [5.74, 6) is 0.0357. The van der Waals surface area contributed by atoms with Crippen molar-refractivity contribution in [2.75, 3.05) is 5.73 Å². The third-order valence-corrected chi connectivity index (χ3v) is 2.56. The van der Waals surface area contributed by atoms with E-state index in [4.69, 9.17) is 11.5 Å². The molecule has 0 saturated carbocycles. The van der Waals surface area contributed by atoms with E-state index in [2.05, 4.69) is 0 Å². The number of aromatic hydroxyl groups is 1. The second kappa shape index (κ2) is 3.66. The van der Waals surface area contributed by atoms with E-state index in [1.54, 1.807) is 24.3 Å². The van der Waals surface area contributed by atoms with Crippen molar-refractivity contribution in [3.63, 3.8) is 0 Å². The molecule has 0 heterocycles. The Morgan fingerprint density at radius 3 is 2.69 bits per heavy atom. The Kier molecular flexibility index (Phi) is 2.46. The zero-order valence-electron chi connectivity index (χ0n) is 8.72. The molecule has 2 rings (SSSR count). The zero-order chi connectivity index (χ0) is 11.8. The van der Waals surface area contributed by atoms with Gasteiger partial charge in [0.2, 0.25) is 0 Å². The fraction of sp³-hybridized carbons (Fsp3) is 0.167. The van der Waals surface area contributed by atoms with Crippen LogP contribution < -0.4 is 11.5 Å². The molecule has 0 aromatic heterocycles. The maximum Gasteiger partial charge on any atom is 0.139 e. The lowest BCUT2D eigenvalue weighted by atomic mass is 9.92. The van der Waals surface area contributed by atoms with Gasteiger partial charge in [-0.3, -0.25) is 0 Å². The summed E-state index contributed by atoms with van der Waals surface area (Å²) in [6.45, 7) is 0. The molecule has 1 atom stereocenters. The van der Waals surface area contributed by atoms with Gasteiger partial charge in [0.1, 0.15) is 11.5 Å². The van der Waals surface area contributed by atoms with E-state index >= 15 is 0 Å². The van der Waals surface area contributed by atoms with Crippen molar-refractivity contribution >= 4 is 11.3 Å². The SMILES string of the molecule is Nc1ccc(C2=CC=CC(N)(O)C2)cc1O. The fourth-order valence-corrected chi connectivity index (χ4v) is 1.70. The van der Waals surface area contributed by atoms with E-state index in [9.17, 15) is 10.2 Å². The normalized spacial score (nSPS) is 24.2. The minimum Gasteiger partial charge on any atom is -0.506 e. The van der Waals surface area contributed by atoms with Crippen LogP contribution in [0.2, 0.25) is 0 Å². The first-order valence-electron chi connectivity index (χ1n) is 4.96. The third-order valence-electron chi connectivity index (χ3n) is 2.56. The van der Waals surface area contributed by atoms with Gasteiger partial charge in [0.05, 0.1) is 5.69 Å². The molecule has 0 spiro atoms. The minimum atomic E-state index is -1.32. The standard InChI is InChI=1S/C12H14N2O2/c13-10-4-3-8(6-11(10)15)9-2-1-5-12(14,16)7-9/h1-6,15-16H,7,13-14H2. The smallest absolute Gasteiger partial charge is 0.139 e. The monoisotopic (exact) mass is 218 g/mol. The van der Waals surface area contributed by atoms with Crippen molar-refractivity contribution in [3.05, 3.63) is 42.0 Å². The summed E-state index contributed by atoms with van der Waals surface area (Å²) < 4.78 is 0. The molecule has 16 heavy (non-hydrogen) atoms. The molecule has 1 aromatic rings. The molecular weight excluding hydrogens is 204 g/mol. The number of phenolic OH excluding ortho intramolecular Hbond substituents is 1. The maximum atomic E-state index is 9.69. The molecule has 84 valence electrons. The van der Waals surface area contributed by atoms with Crippen LogP contribution in [0.5, 0.6) is 5.75 Å². The van der Waals surface area contributed by atoms with Crippen molar-refractivity contribution in [2.24, 2.45) is 5.73 Å². The van der Waals surface area contributed by atoms with Gasteiger partial charge in [-0.15, -0.1) is 0 Å². The van der Waals surface area contributed by atoms with Crippen molar-refractivity contribution in [1.82, 2.24) is 0 Å². The quantitative estimate of drug-likeness (QED) is 0.321. The summed E-state index contributed by atoms with van der Waals surface area (Å²) in [5.41, 5.74) is 11.8. The van der Waals surface area contributed by atoms with Crippen LogP contribution in [-0.4, -0.2) is 15.9 Å². The Hall–Kier alpha value is -1.78. The van der Waals surface area contributed by atoms with Crippen LogP contribution in [0.15, 0.2) is 36.4 Å². The summed E-state index contributed by atoms with van der Waals surface area (Å²) in [6.07, 6.45) is 5.40. The van der Waals surface area contributed by atoms with Crippen LogP contribution in [0.4, 0.5) is 5.69 Å². The highest BCUT2D eigenvalue weighted by Crippen LogP contribution is 2.31. The number of hydrogen-bond acceptors (Lipinski definition) is 4. The van der Waals surface area contributed by atoms with Crippen LogP contribution >= 0.6 is 0 Å². The lowest BCUT2D eigenvalue weighted by molar-refractivity contribution is 0.103. The van der Waals surface area contributed by atoms with E-state index in [-0.39, 0.29) is 5.75 Å². The zero-order valence-corrected chi connectivity index (χ0v) is 8.72. The molecule has 0 fully saturated rings. The summed E-state index contributed by atoms with van der Waals surface area (Å²) in [7, 11) is 0. The highest BCUT2D eigenvalue weighted by atomic mass is 16.3. The van der Waals surface area contributed by atoms with Gasteiger partial charge in [0.15, 0.2) is 0 Å². The van der Waals surface area contributed by atoms with E-state index in [1.165, 1.54) is 6.08 Å².